The summed E-state index contributed by atoms with van der Waals surface area (Å²) in [5.41, 5.74) is 9.81. The molecule has 0 aliphatic rings. The number of carboxylic acids is 1. The second-order valence-electron chi connectivity index (χ2n) is 1.95. The molecule has 5 N–H and O–H groups in total. The van der Waals surface area contributed by atoms with Gasteiger partial charge in [0, 0.05) is 6.42 Å². The van der Waals surface area contributed by atoms with Crippen molar-refractivity contribution in [1.29, 1.82) is 0 Å². The Labute approximate surface area is 86.7 Å². The minimum absolute atomic E-state index is 0. The Morgan fingerprint density at radius 3 is 2.08 bits per heavy atom. The number of carboxylic acid groups (broad SMARTS) is 1. The van der Waals surface area contributed by atoms with E-state index >= 15 is 0 Å². The monoisotopic (exact) mass is 237 g/mol. The van der Waals surface area contributed by atoms with Gasteiger partial charge in [-0.1, -0.05) is 0 Å². The fourth-order valence-corrected chi connectivity index (χ4v) is 0.421. The quantitative estimate of drug-likeness (QED) is 0.430. The van der Waals surface area contributed by atoms with Gasteiger partial charge in [0.2, 0.25) is 5.91 Å². The summed E-state index contributed by atoms with van der Waals surface area (Å²) in [6.07, 6.45) is 0.123. The number of carbonyl (C=O) groups excluding carboxylic acids is 1. The van der Waals surface area contributed by atoms with Crippen molar-refractivity contribution >= 4 is 11.9 Å². The van der Waals surface area contributed by atoms with Gasteiger partial charge >= 0.3 is 23.0 Å². The zero-order chi connectivity index (χ0) is 8.15. The van der Waals surface area contributed by atoms with Crippen LogP contribution in [0, 0.1) is 0 Å². The molecular formula is C5H10ClFeN2O3+2. The van der Waals surface area contributed by atoms with Crippen molar-refractivity contribution < 1.29 is 44.2 Å². The SMILES string of the molecule is NC(=O)CCC(N)C(=O)O.[Cl-].[Fe+3]. The standard InChI is InChI=1S/C5H10N2O3.ClH.Fe/c6-3(5(9)10)1-2-4(7)8;;/h3H,1-2,6H2,(H2,7,8)(H,9,10);1H;/q;;+3/p-1. The Morgan fingerprint density at radius 1 is 1.42 bits per heavy atom. The van der Waals surface area contributed by atoms with E-state index < -0.39 is 17.9 Å². The molecule has 0 aromatic heterocycles. The Hall–Kier alpha value is -0.291. The summed E-state index contributed by atoms with van der Waals surface area (Å²) in [4.78, 5) is 20.1. The van der Waals surface area contributed by atoms with Gasteiger partial charge in [-0.15, -0.1) is 0 Å². The minimum atomic E-state index is -1.11. The van der Waals surface area contributed by atoms with E-state index in [1.807, 2.05) is 0 Å². The maximum atomic E-state index is 10.1. The number of hydrogen-bond acceptors (Lipinski definition) is 3. The zero-order valence-electron chi connectivity index (χ0n) is 6.14. The Balaban J connectivity index is -0.000000405. The molecule has 5 nitrogen and oxygen atoms in total. The normalized spacial score (nSPS) is 10.4. The Morgan fingerprint density at radius 2 is 1.83 bits per heavy atom. The molecule has 0 fully saturated rings. The van der Waals surface area contributed by atoms with Crippen LogP contribution < -0.4 is 23.9 Å². The molecule has 0 aliphatic carbocycles. The van der Waals surface area contributed by atoms with Crippen LogP contribution in [0.15, 0.2) is 0 Å². The maximum Gasteiger partial charge on any atom is 3.00 e. The van der Waals surface area contributed by atoms with Gasteiger partial charge in [0.05, 0.1) is 0 Å². The van der Waals surface area contributed by atoms with Crippen molar-refractivity contribution in [3.8, 4) is 0 Å². The molecule has 1 amide bonds. The average molecular weight is 237 g/mol. The second-order valence-corrected chi connectivity index (χ2v) is 1.95. The molecule has 1 atom stereocenters. The largest absolute Gasteiger partial charge is 3.00 e. The number of halogens is 1. The average Bonchev–Trinajstić information content (AvgIpc) is 1.82. The molecule has 7 heteroatoms. The van der Waals surface area contributed by atoms with Gasteiger partial charge in [0.25, 0.3) is 0 Å². The van der Waals surface area contributed by atoms with Crippen LogP contribution >= 0.6 is 0 Å². The number of rotatable bonds is 4. The van der Waals surface area contributed by atoms with Crippen LogP contribution in [-0.4, -0.2) is 23.0 Å². The second kappa shape index (κ2) is 8.80. The third kappa shape index (κ3) is 9.71. The topological polar surface area (TPSA) is 106 Å². The van der Waals surface area contributed by atoms with Crippen molar-refractivity contribution in [2.24, 2.45) is 11.5 Å². The van der Waals surface area contributed by atoms with Gasteiger partial charge in [0.15, 0.2) is 0 Å². The predicted molar refractivity (Wildman–Crippen MR) is 34.0 cm³/mol. The van der Waals surface area contributed by atoms with Crippen LogP contribution in [0.3, 0.4) is 0 Å². The number of primary amides is 1. The Kier molecular flexibility index (Phi) is 13.0. The smallest absolute Gasteiger partial charge is 1.00 e. The van der Waals surface area contributed by atoms with E-state index in [1.54, 1.807) is 0 Å². The third-order valence-corrected chi connectivity index (χ3v) is 1.02. The molecule has 0 rings (SSSR count). The first-order valence-corrected chi connectivity index (χ1v) is 2.80. The van der Waals surface area contributed by atoms with E-state index in [0.29, 0.717) is 0 Å². The first-order valence-electron chi connectivity index (χ1n) is 2.80. The molecule has 0 aromatic carbocycles. The van der Waals surface area contributed by atoms with E-state index in [0.717, 1.165) is 0 Å². The van der Waals surface area contributed by atoms with E-state index in [4.69, 9.17) is 16.6 Å². The van der Waals surface area contributed by atoms with Crippen LogP contribution in [0.2, 0.25) is 0 Å². The van der Waals surface area contributed by atoms with Crippen LogP contribution in [0.4, 0.5) is 0 Å². The number of hydrogen-bond donors (Lipinski definition) is 3. The molecule has 0 bridgehead atoms. The number of carbonyl (C=O) groups is 2. The summed E-state index contributed by atoms with van der Waals surface area (Å²) < 4.78 is 0. The Bertz CT molecular complexity index is 156. The van der Waals surface area contributed by atoms with E-state index in [-0.39, 0.29) is 42.3 Å². The number of nitrogens with two attached hydrogens (primary N) is 2. The summed E-state index contributed by atoms with van der Waals surface area (Å²) in [5, 5.41) is 8.22. The van der Waals surface area contributed by atoms with Gasteiger partial charge < -0.3 is 29.0 Å². The van der Waals surface area contributed by atoms with Crippen LogP contribution in [0.1, 0.15) is 12.8 Å². The molecule has 0 saturated heterocycles. The first kappa shape index (κ1) is 17.7. The van der Waals surface area contributed by atoms with Crippen LogP contribution in [0.25, 0.3) is 0 Å². The molecule has 1 unspecified atom stereocenters. The van der Waals surface area contributed by atoms with Crippen molar-refractivity contribution in [1.82, 2.24) is 0 Å². The summed E-state index contributed by atoms with van der Waals surface area (Å²) in [6, 6.07) is -0.979. The van der Waals surface area contributed by atoms with Gasteiger partial charge in [-0.3, -0.25) is 9.59 Å². The summed E-state index contributed by atoms with van der Waals surface area (Å²) in [7, 11) is 0. The molecule has 0 aliphatic heterocycles. The molecular weight excluding hydrogens is 227 g/mol. The van der Waals surface area contributed by atoms with Crippen LogP contribution in [-0.2, 0) is 26.7 Å². The minimum Gasteiger partial charge on any atom is -1.00 e. The van der Waals surface area contributed by atoms with Gasteiger partial charge in [-0.2, -0.15) is 0 Å². The van der Waals surface area contributed by atoms with E-state index in [2.05, 4.69) is 0 Å². The fraction of sp³-hybridized carbons (Fsp3) is 0.600. The zero-order valence-corrected chi connectivity index (χ0v) is 8.00. The van der Waals surface area contributed by atoms with Crippen molar-refractivity contribution in [3.05, 3.63) is 0 Å². The van der Waals surface area contributed by atoms with E-state index in [9.17, 15) is 9.59 Å². The first-order chi connectivity index (χ1) is 4.54. The summed E-state index contributed by atoms with van der Waals surface area (Å²) >= 11 is 0. The van der Waals surface area contributed by atoms with Crippen molar-refractivity contribution in [2.75, 3.05) is 0 Å². The van der Waals surface area contributed by atoms with Crippen molar-refractivity contribution in [3.63, 3.8) is 0 Å². The van der Waals surface area contributed by atoms with Gasteiger partial charge in [-0.05, 0) is 6.42 Å². The molecule has 0 heterocycles. The molecule has 0 saturated carbocycles. The van der Waals surface area contributed by atoms with Crippen LogP contribution in [0.5, 0.6) is 0 Å². The number of aliphatic carboxylic acids is 1. The summed E-state index contributed by atoms with van der Waals surface area (Å²) in [5.74, 6) is -1.64. The van der Waals surface area contributed by atoms with Gasteiger partial charge in [-0.25, -0.2) is 0 Å². The molecule has 12 heavy (non-hydrogen) atoms. The predicted octanol–water partition coefficient (Wildman–Crippen LogP) is -4.33. The summed E-state index contributed by atoms with van der Waals surface area (Å²) in [6.45, 7) is 0. The maximum absolute atomic E-state index is 10.1. The molecule has 1 radical (unpaired) electrons. The third-order valence-electron chi connectivity index (χ3n) is 1.02. The fourth-order valence-electron chi connectivity index (χ4n) is 0.421. The van der Waals surface area contributed by atoms with Gasteiger partial charge in [0.1, 0.15) is 6.04 Å². The molecule has 0 aromatic rings. The number of amides is 1. The molecule has 0 spiro atoms. The van der Waals surface area contributed by atoms with E-state index in [1.165, 1.54) is 0 Å². The molecule has 71 valence electrons. The van der Waals surface area contributed by atoms with Crippen molar-refractivity contribution in [2.45, 2.75) is 18.9 Å².